The first-order chi connectivity index (χ1) is 8.70. The van der Waals surface area contributed by atoms with Gasteiger partial charge in [0.25, 0.3) is 0 Å². The first-order valence-electron chi connectivity index (χ1n) is 5.73. The highest BCUT2D eigenvalue weighted by Gasteiger charge is 2.14. The van der Waals surface area contributed by atoms with E-state index in [0.717, 1.165) is 11.1 Å². The molecule has 18 heavy (non-hydrogen) atoms. The molecule has 2 rings (SSSR count). The minimum atomic E-state index is -0.118. The van der Waals surface area contributed by atoms with E-state index in [9.17, 15) is 4.79 Å². The van der Waals surface area contributed by atoms with Crippen molar-refractivity contribution in [3.05, 3.63) is 84.9 Å². The average molecular weight is 234 g/mol. The zero-order valence-electron chi connectivity index (χ0n) is 10.1. The number of benzene rings is 2. The van der Waals surface area contributed by atoms with E-state index in [-0.39, 0.29) is 5.78 Å². The maximum absolute atomic E-state index is 12.2. The Morgan fingerprint density at radius 3 is 1.33 bits per heavy atom. The zero-order chi connectivity index (χ0) is 13.0. The third-order valence-electron chi connectivity index (χ3n) is 2.79. The van der Waals surface area contributed by atoms with E-state index in [0.29, 0.717) is 11.1 Å². The summed E-state index contributed by atoms with van der Waals surface area (Å²) in [4.78, 5) is 12.2. The highest BCUT2D eigenvalue weighted by atomic mass is 16.1. The highest BCUT2D eigenvalue weighted by molar-refractivity contribution is 6.41. The summed E-state index contributed by atoms with van der Waals surface area (Å²) in [6.45, 7) is 7.72. The Labute approximate surface area is 107 Å². The Balaban J connectivity index is 2.23. The van der Waals surface area contributed by atoms with Crippen molar-refractivity contribution in [3.8, 4) is 0 Å². The van der Waals surface area contributed by atoms with Crippen LogP contribution >= 0.6 is 0 Å². The topological polar surface area (TPSA) is 17.1 Å². The minimum Gasteiger partial charge on any atom is -0.289 e. The summed E-state index contributed by atoms with van der Waals surface area (Å²) in [5.41, 5.74) is 2.62. The molecule has 0 aliphatic heterocycles. The summed E-state index contributed by atoms with van der Waals surface area (Å²) in [5, 5.41) is 0. The second kappa shape index (κ2) is 5.28. The molecule has 0 spiro atoms. The molecule has 0 radical (unpaired) electrons. The Kier molecular flexibility index (Phi) is 3.54. The van der Waals surface area contributed by atoms with Gasteiger partial charge < -0.3 is 0 Å². The predicted molar refractivity (Wildman–Crippen MR) is 76.0 cm³/mol. The number of carbonyl (C=O) groups excluding carboxylic acids is 1. The number of Topliss-reactive ketones (excluding diaryl/α,β-unsaturated/α-hetero) is 1. The van der Waals surface area contributed by atoms with Crippen molar-refractivity contribution in [1.29, 1.82) is 0 Å². The van der Waals surface area contributed by atoms with Crippen LogP contribution in [0.3, 0.4) is 0 Å². The van der Waals surface area contributed by atoms with Crippen molar-refractivity contribution in [2.75, 3.05) is 0 Å². The van der Waals surface area contributed by atoms with Crippen LogP contribution in [0.1, 0.15) is 11.1 Å². The van der Waals surface area contributed by atoms with Gasteiger partial charge >= 0.3 is 0 Å². The second-order valence-corrected chi connectivity index (χ2v) is 4.02. The van der Waals surface area contributed by atoms with Crippen LogP contribution in [0.2, 0.25) is 0 Å². The van der Waals surface area contributed by atoms with E-state index in [1.807, 2.05) is 60.7 Å². The van der Waals surface area contributed by atoms with Gasteiger partial charge in [0.05, 0.1) is 0 Å². The number of allylic oxidation sites excluding steroid dienone is 2. The molecule has 0 aromatic heterocycles. The molecule has 0 saturated heterocycles. The SMILES string of the molecule is C=C(C(=O)C(=C)c1ccccc1)c1ccccc1. The van der Waals surface area contributed by atoms with Gasteiger partial charge in [-0.3, -0.25) is 4.79 Å². The lowest BCUT2D eigenvalue weighted by atomic mass is 9.95. The van der Waals surface area contributed by atoms with Gasteiger partial charge in [0, 0.05) is 11.1 Å². The van der Waals surface area contributed by atoms with Crippen LogP contribution in [0.4, 0.5) is 0 Å². The number of rotatable bonds is 4. The van der Waals surface area contributed by atoms with E-state index in [1.54, 1.807) is 0 Å². The van der Waals surface area contributed by atoms with Crippen molar-refractivity contribution < 1.29 is 4.79 Å². The van der Waals surface area contributed by atoms with Crippen LogP contribution in [0, 0.1) is 0 Å². The van der Waals surface area contributed by atoms with Crippen molar-refractivity contribution in [2.45, 2.75) is 0 Å². The van der Waals surface area contributed by atoms with Crippen LogP contribution < -0.4 is 0 Å². The lowest BCUT2D eigenvalue weighted by Gasteiger charge is -2.07. The van der Waals surface area contributed by atoms with Crippen LogP contribution in [-0.2, 0) is 4.79 Å². The predicted octanol–water partition coefficient (Wildman–Crippen LogP) is 3.98. The normalized spacial score (nSPS) is 9.78. The number of carbonyl (C=O) groups is 1. The number of ketones is 1. The van der Waals surface area contributed by atoms with Gasteiger partial charge in [-0.1, -0.05) is 73.8 Å². The average Bonchev–Trinajstić information content (AvgIpc) is 2.47. The van der Waals surface area contributed by atoms with Gasteiger partial charge in [0.1, 0.15) is 0 Å². The van der Waals surface area contributed by atoms with Gasteiger partial charge in [0.2, 0.25) is 0 Å². The molecule has 0 heterocycles. The molecule has 1 nitrogen and oxygen atoms in total. The third-order valence-corrected chi connectivity index (χ3v) is 2.79. The van der Waals surface area contributed by atoms with Gasteiger partial charge in [0.15, 0.2) is 5.78 Å². The van der Waals surface area contributed by atoms with E-state index in [1.165, 1.54) is 0 Å². The standard InChI is InChI=1S/C17H14O/c1-13(15-9-5-3-6-10-15)17(18)14(2)16-11-7-4-8-12-16/h3-12H,1-2H2. The van der Waals surface area contributed by atoms with Gasteiger partial charge in [-0.15, -0.1) is 0 Å². The van der Waals surface area contributed by atoms with Crippen molar-refractivity contribution in [2.24, 2.45) is 0 Å². The van der Waals surface area contributed by atoms with Crippen LogP contribution in [-0.4, -0.2) is 5.78 Å². The van der Waals surface area contributed by atoms with Crippen molar-refractivity contribution in [3.63, 3.8) is 0 Å². The minimum absolute atomic E-state index is 0.118. The Bertz CT molecular complexity index is 526. The lowest BCUT2D eigenvalue weighted by Crippen LogP contribution is -2.03. The molecule has 0 bridgehead atoms. The van der Waals surface area contributed by atoms with Crippen LogP contribution in [0.25, 0.3) is 11.1 Å². The first kappa shape index (κ1) is 12.1. The number of hydrogen-bond acceptors (Lipinski definition) is 1. The first-order valence-corrected chi connectivity index (χ1v) is 5.73. The lowest BCUT2D eigenvalue weighted by molar-refractivity contribution is -0.108. The fraction of sp³-hybridized carbons (Fsp3) is 0. The highest BCUT2D eigenvalue weighted by Crippen LogP contribution is 2.22. The second-order valence-electron chi connectivity index (χ2n) is 4.02. The van der Waals surface area contributed by atoms with E-state index >= 15 is 0 Å². The monoisotopic (exact) mass is 234 g/mol. The summed E-state index contributed by atoms with van der Waals surface area (Å²) in [5.74, 6) is -0.118. The van der Waals surface area contributed by atoms with Gasteiger partial charge in [-0.25, -0.2) is 0 Å². The third kappa shape index (κ3) is 2.46. The van der Waals surface area contributed by atoms with E-state index in [2.05, 4.69) is 13.2 Å². The Morgan fingerprint density at radius 2 is 1.00 bits per heavy atom. The Hall–Kier alpha value is -2.41. The van der Waals surface area contributed by atoms with Gasteiger partial charge in [-0.05, 0) is 11.1 Å². The molecule has 2 aromatic rings. The van der Waals surface area contributed by atoms with Crippen LogP contribution in [0.5, 0.6) is 0 Å². The molecule has 0 aliphatic carbocycles. The molecular formula is C17H14O. The number of hydrogen-bond donors (Lipinski definition) is 0. The maximum Gasteiger partial charge on any atom is 0.193 e. The van der Waals surface area contributed by atoms with E-state index < -0.39 is 0 Å². The summed E-state index contributed by atoms with van der Waals surface area (Å²) in [7, 11) is 0. The van der Waals surface area contributed by atoms with Gasteiger partial charge in [-0.2, -0.15) is 0 Å². The molecule has 2 aromatic carbocycles. The molecule has 0 amide bonds. The van der Waals surface area contributed by atoms with E-state index in [4.69, 9.17) is 0 Å². The summed E-state index contributed by atoms with van der Waals surface area (Å²) in [6.07, 6.45) is 0. The zero-order valence-corrected chi connectivity index (χ0v) is 10.1. The molecular weight excluding hydrogens is 220 g/mol. The fourth-order valence-electron chi connectivity index (χ4n) is 1.72. The quantitative estimate of drug-likeness (QED) is 0.731. The molecule has 0 N–H and O–H groups in total. The fourth-order valence-corrected chi connectivity index (χ4v) is 1.72. The molecule has 0 aliphatic rings. The molecule has 0 saturated carbocycles. The summed E-state index contributed by atoms with van der Waals surface area (Å²) < 4.78 is 0. The Morgan fingerprint density at radius 1 is 0.667 bits per heavy atom. The molecule has 1 heteroatoms. The van der Waals surface area contributed by atoms with Crippen molar-refractivity contribution >= 4 is 16.9 Å². The maximum atomic E-state index is 12.2. The van der Waals surface area contributed by atoms with Crippen LogP contribution in [0.15, 0.2) is 73.8 Å². The smallest absolute Gasteiger partial charge is 0.193 e. The largest absolute Gasteiger partial charge is 0.289 e. The molecule has 0 unspecified atom stereocenters. The summed E-state index contributed by atoms with van der Waals surface area (Å²) >= 11 is 0. The molecule has 0 fully saturated rings. The van der Waals surface area contributed by atoms with Crippen molar-refractivity contribution in [1.82, 2.24) is 0 Å². The molecule has 0 atom stereocenters. The molecule has 88 valence electrons. The summed E-state index contributed by atoms with van der Waals surface area (Å²) in [6, 6.07) is 18.9.